The SMILES string of the molecule is O=C(O)[C@@H]1C[C@@H](O)CN1C(=O)C=Cc1ccccc1Cl. The number of carbonyl (C=O) groups is 2. The first-order valence-electron chi connectivity index (χ1n) is 6.13. The summed E-state index contributed by atoms with van der Waals surface area (Å²) in [6.07, 6.45) is 2.07. The van der Waals surface area contributed by atoms with Crippen LogP contribution in [-0.2, 0) is 9.59 Å². The lowest BCUT2D eigenvalue weighted by Gasteiger charge is -2.19. The Morgan fingerprint density at radius 1 is 1.35 bits per heavy atom. The van der Waals surface area contributed by atoms with Crippen LogP contribution in [0.3, 0.4) is 0 Å². The summed E-state index contributed by atoms with van der Waals surface area (Å²) in [5.74, 6) is -1.56. The number of hydrogen-bond donors (Lipinski definition) is 2. The minimum atomic E-state index is -1.11. The van der Waals surface area contributed by atoms with Gasteiger partial charge in [0.1, 0.15) is 6.04 Å². The molecule has 20 heavy (non-hydrogen) atoms. The minimum absolute atomic E-state index is 0.0304. The number of amides is 1. The molecule has 1 aliphatic heterocycles. The number of halogens is 1. The van der Waals surface area contributed by atoms with Gasteiger partial charge in [-0.25, -0.2) is 4.79 Å². The summed E-state index contributed by atoms with van der Waals surface area (Å²) in [5.41, 5.74) is 0.675. The quantitative estimate of drug-likeness (QED) is 0.826. The van der Waals surface area contributed by atoms with E-state index in [-0.39, 0.29) is 13.0 Å². The van der Waals surface area contributed by atoms with Gasteiger partial charge in [0.25, 0.3) is 0 Å². The summed E-state index contributed by atoms with van der Waals surface area (Å²) in [6.45, 7) is 0.0304. The summed E-state index contributed by atoms with van der Waals surface area (Å²) in [7, 11) is 0. The predicted molar refractivity (Wildman–Crippen MR) is 74.2 cm³/mol. The van der Waals surface area contributed by atoms with Gasteiger partial charge in [-0.3, -0.25) is 4.79 Å². The third-order valence-electron chi connectivity index (χ3n) is 3.16. The van der Waals surface area contributed by atoms with E-state index in [2.05, 4.69) is 0 Å². The van der Waals surface area contributed by atoms with Gasteiger partial charge in [0.15, 0.2) is 0 Å². The first-order valence-corrected chi connectivity index (χ1v) is 6.51. The lowest BCUT2D eigenvalue weighted by molar-refractivity contribution is -0.146. The summed E-state index contributed by atoms with van der Waals surface area (Å²) < 4.78 is 0. The number of aliphatic carboxylic acids is 1. The van der Waals surface area contributed by atoms with Gasteiger partial charge in [0.2, 0.25) is 5.91 Å². The highest BCUT2D eigenvalue weighted by atomic mass is 35.5. The fourth-order valence-electron chi connectivity index (χ4n) is 2.16. The Bertz CT molecular complexity index is 558. The van der Waals surface area contributed by atoms with Crippen molar-refractivity contribution < 1.29 is 19.8 Å². The Hall–Kier alpha value is -1.85. The van der Waals surface area contributed by atoms with Gasteiger partial charge in [-0.05, 0) is 17.7 Å². The van der Waals surface area contributed by atoms with E-state index >= 15 is 0 Å². The molecule has 1 heterocycles. The molecule has 1 amide bonds. The average molecular weight is 296 g/mol. The molecule has 0 aromatic heterocycles. The maximum absolute atomic E-state index is 12.0. The number of carboxylic acids is 1. The monoisotopic (exact) mass is 295 g/mol. The number of benzene rings is 1. The molecular formula is C14H14ClNO4. The third kappa shape index (κ3) is 3.18. The number of carboxylic acid groups (broad SMARTS) is 1. The zero-order valence-electron chi connectivity index (χ0n) is 10.6. The molecule has 2 rings (SSSR count). The van der Waals surface area contributed by atoms with Crippen molar-refractivity contribution in [3.8, 4) is 0 Å². The minimum Gasteiger partial charge on any atom is -0.480 e. The van der Waals surface area contributed by atoms with E-state index in [4.69, 9.17) is 16.7 Å². The molecule has 0 saturated carbocycles. The van der Waals surface area contributed by atoms with Gasteiger partial charge in [-0.1, -0.05) is 29.8 Å². The van der Waals surface area contributed by atoms with Crippen molar-refractivity contribution >= 4 is 29.6 Å². The molecule has 0 unspecified atom stereocenters. The van der Waals surface area contributed by atoms with E-state index in [1.165, 1.54) is 12.2 Å². The number of rotatable bonds is 3. The molecule has 5 nitrogen and oxygen atoms in total. The summed E-state index contributed by atoms with van der Waals surface area (Å²) in [5, 5.41) is 19.0. The lowest BCUT2D eigenvalue weighted by atomic mass is 10.2. The fourth-order valence-corrected chi connectivity index (χ4v) is 2.36. The molecule has 1 fully saturated rings. The van der Waals surface area contributed by atoms with E-state index < -0.39 is 24.0 Å². The first kappa shape index (κ1) is 14.6. The second kappa shape index (κ2) is 6.07. The van der Waals surface area contributed by atoms with Crippen molar-refractivity contribution in [2.24, 2.45) is 0 Å². The molecule has 1 aromatic carbocycles. The maximum Gasteiger partial charge on any atom is 0.326 e. The van der Waals surface area contributed by atoms with Crippen LogP contribution in [0.2, 0.25) is 5.02 Å². The number of likely N-dealkylation sites (tertiary alicyclic amines) is 1. The Labute approximate surface area is 121 Å². The van der Waals surface area contributed by atoms with Crippen molar-refractivity contribution in [2.45, 2.75) is 18.6 Å². The average Bonchev–Trinajstić information content (AvgIpc) is 2.80. The zero-order valence-corrected chi connectivity index (χ0v) is 11.3. The Kier molecular flexibility index (Phi) is 4.42. The first-order chi connectivity index (χ1) is 9.49. The normalized spacial score (nSPS) is 22.4. The molecule has 2 N–H and O–H groups in total. The standard InChI is InChI=1S/C14H14ClNO4/c15-11-4-2-1-3-9(11)5-6-13(18)16-8-10(17)7-12(16)14(19)20/h1-6,10,12,17H,7-8H2,(H,19,20)/t10-,12+/m1/s1. The smallest absolute Gasteiger partial charge is 0.326 e. The van der Waals surface area contributed by atoms with Gasteiger partial charge in [0.05, 0.1) is 6.10 Å². The maximum atomic E-state index is 12.0. The summed E-state index contributed by atoms with van der Waals surface area (Å²) >= 11 is 5.96. The number of nitrogens with zero attached hydrogens (tertiary/aromatic N) is 1. The zero-order chi connectivity index (χ0) is 14.7. The van der Waals surface area contributed by atoms with E-state index in [9.17, 15) is 14.7 Å². The fraction of sp³-hybridized carbons (Fsp3) is 0.286. The third-order valence-corrected chi connectivity index (χ3v) is 3.50. The number of aliphatic hydroxyl groups is 1. The molecule has 1 saturated heterocycles. The summed E-state index contributed by atoms with van der Waals surface area (Å²) in [6, 6.07) is 6.04. The van der Waals surface area contributed by atoms with E-state index in [1.807, 2.05) is 0 Å². The van der Waals surface area contributed by atoms with Gasteiger partial charge in [0, 0.05) is 24.1 Å². The Morgan fingerprint density at radius 3 is 2.70 bits per heavy atom. The second-order valence-electron chi connectivity index (χ2n) is 4.59. The molecule has 2 atom stereocenters. The van der Waals surface area contributed by atoms with Crippen LogP contribution < -0.4 is 0 Å². The molecule has 0 bridgehead atoms. The van der Waals surface area contributed by atoms with Gasteiger partial charge in [-0.15, -0.1) is 0 Å². The highest BCUT2D eigenvalue weighted by molar-refractivity contribution is 6.32. The molecule has 6 heteroatoms. The van der Waals surface area contributed by atoms with E-state index in [1.54, 1.807) is 24.3 Å². The van der Waals surface area contributed by atoms with E-state index in [0.717, 1.165) is 4.90 Å². The van der Waals surface area contributed by atoms with Gasteiger partial charge >= 0.3 is 5.97 Å². The Morgan fingerprint density at radius 2 is 2.05 bits per heavy atom. The number of hydrogen-bond acceptors (Lipinski definition) is 3. The van der Waals surface area contributed by atoms with Crippen LogP contribution in [0.5, 0.6) is 0 Å². The molecular weight excluding hydrogens is 282 g/mol. The molecule has 106 valence electrons. The molecule has 1 aromatic rings. The van der Waals surface area contributed by atoms with Crippen LogP contribution in [0.15, 0.2) is 30.3 Å². The van der Waals surface area contributed by atoms with Crippen molar-refractivity contribution in [3.63, 3.8) is 0 Å². The van der Waals surface area contributed by atoms with Crippen LogP contribution >= 0.6 is 11.6 Å². The summed E-state index contributed by atoms with van der Waals surface area (Å²) in [4.78, 5) is 24.2. The van der Waals surface area contributed by atoms with Crippen LogP contribution in [0, 0.1) is 0 Å². The number of carbonyl (C=O) groups excluding carboxylic acids is 1. The van der Waals surface area contributed by atoms with Crippen molar-refractivity contribution in [3.05, 3.63) is 40.9 Å². The predicted octanol–water partition coefficient (Wildman–Crippen LogP) is 1.40. The lowest BCUT2D eigenvalue weighted by Crippen LogP contribution is -2.39. The van der Waals surface area contributed by atoms with Crippen molar-refractivity contribution in [2.75, 3.05) is 6.54 Å². The van der Waals surface area contributed by atoms with Crippen LogP contribution in [-0.4, -0.2) is 45.7 Å². The topological polar surface area (TPSA) is 77.8 Å². The van der Waals surface area contributed by atoms with Crippen LogP contribution in [0.1, 0.15) is 12.0 Å². The highest BCUT2D eigenvalue weighted by Crippen LogP contribution is 2.20. The van der Waals surface area contributed by atoms with Crippen LogP contribution in [0.4, 0.5) is 0 Å². The van der Waals surface area contributed by atoms with Crippen LogP contribution in [0.25, 0.3) is 6.08 Å². The molecule has 0 aliphatic carbocycles. The Balaban J connectivity index is 2.12. The highest BCUT2D eigenvalue weighted by Gasteiger charge is 2.37. The van der Waals surface area contributed by atoms with Crippen molar-refractivity contribution in [1.82, 2.24) is 4.90 Å². The van der Waals surface area contributed by atoms with Crippen molar-refractivity contribution in [1.29, 1.82) is 0 Å². The molecule has 1 aliphatic rings. The van der Waals surface area contributed by atoms with Gasteiger partial charge < -0.3 is 15.1 Å². The molecule has 0 radical (unpaired) electrons. The second-order valence-corrected chi connectivity index (χ2v) is 5.00. The largest absolute Gasteiger partial charge is 0.480 e. The van der Waals surface area contributed by atoms with Gasteiger partial charge in [-0.2, -0.15) is 0 Å². The van der Waals surface area contributed by atoms with E-state index in [0.29, 0.717) is 10.6 Å². The number of aliphatic hydroxyl groups excluding tert-OH is 1. The molecule has 0 spiro atoms. The number of β-amino-alcohol motifs (C(OH)–C–C–N with tert-alkyl or cyclic N) is 1.